The van der Waals surface area contributed by atoms with E-state index in [-0.39, 0.29) is 12.4 Å². The molecule has 1 N–H and O–H groups in total. The van der Waals surface area contributed by atoms with E-state index >= 15 is 0 Å². The fraction of sp³-hybridized carbons (Fsp3) is 0.0667. The van der Waals surface area contributed by atoms with E-state index in [0.717, 1.165) is 11.0 Å². The number of anilines is 1. The molecule has 23 heavy (non-hydrogen) atoms. The first kappa shape index (κ1) is 13.8. The highest BCUT2D eigenvalue weighted by Crippen LogP contribution is 2.20. The molecule has 2 heterocycles. The minimum absolute atomic E-state index is 0.247. The molecular weight excluding hydrogens is 319 g/mol. The van der Waals surface area contributed by atoms with Crippen LogP contribution in [0.3, 0.4) is 0 Å². The van der Waals surface area contributed by atoms with Gasteiger partial charge in [0.15, 0.2) is 5.82 Å². The molecule has 0 atom stereocenters. The summed E-state index contributed by atoms with van der Waals surface area (Å²) in [7, 11) is 0. The predicted molar refractivity (Wildman–Crippen MR) is 84.8 cm³/mol. The Morgan fingerprint density at radius 2 is 2.04 bits per heavy atom. The third-order valence-corrected chi connectivity index (χ3v) is 3.72. The van der Waals surface area contributed by atoms with E-state index in [1.807, 2.05) is 24.3 Å². The van der Waals surface area contributed by atoms with Crippen molar-refractivity contribution < 1.29 is 4.39 Å². The average Bonchev–Trinajstić information content (AvgIpc) is 3.04. The summed E-state index contributed by atoms with van der Waals surface area (Å²) >= 11 is 5.76. The quantitative estimate of drug-likeness (QED) is 0.626. The van der Waals surface area contributed by atoms with E-state index in [0.29, 0.717) is 22.1 Å². The van der Waals surface area contributed by atoms with Crippen molar-refractivity contribution in [1.82, 2.24) is 25.0 Å². The van der Waals surface area contributed by atoms with Gasteiger partial charge in [-0.2, -0.15) is 4.52 Å². The second-order valence-corrected chi connectivity index (χ2v) is 5.39. The van der Waals surface area contributed by atoms with Gasteiger partial charge in [-0.1, -0.05) is 29.8 Å². The van der Waals surface area contributed by atoms with Crippen LogP contribution in [-0.2, 0) is 6.54 Å². The number of tetrazole rings is 1. The lowest BCUT2D eigenvalue weighted by Gasteiger charge is -2.09. The van der Waals surface area contributed by atoms with Gasteiger partial charge in [0.25, 0.3) is 0 Å². The fourth-order valence-electron chi connectivity index (χ4n) is 2.37. The second kappa shape index (κ2) is 5.44. The SMILES string of the molecule is Fc1cc(Cl)ccc1CNc1nc2ccccc2n2nnnc12. The van der Waals surface area contributed by atoms with E-state index < -0.39 is 0 Å². The molecule has 0 amide bonds. The van der Waals surface area contributed by atoms with Crippen molar-refractivity contribution in [1.29, 1.82) is 0 Å². The van der Waals surface area contributed by atoms with Crippen LogP contribution in [0.15, 0.2) is 42.5 Å². The molecule has 0 spiro atoms. The molecule has 0 unspecified atom stereocenters. The van der Waals surface area contributed by atoms with Crippen LogP contribution >= 0.6 is 11.6 Å². The van der Waals surface area contributed by atoms with Gasteiger partial charge < -0.3 is 5.32 Å². The summed E-state index contributed by atoms with van der Waals surface area (Å²) in [6.45, 7) is 0.247. The highest BCUT2D eigenvalue weighted by Gasteiger charge is 2.12. The number of halogens is 2. The number of aromatic nitrogens is 5. The maximum absolute atomic E-state index is 13.9. The van der Waals surface area contributed by atoms with E-state index in [4.69, 9.17) is 11.6 Å². The summed E-state index contributed by atoms with van der Waals surface area (Å²) in [4.78, 5) is 4.51. The fourth-order valence-corrected chi connectivity index (χ4v) is 2.53. The lowest BCUT2D eigenvalue weighted by atomic mass is 10.2. The maximum Gasteiger partial charge on any atom is 0.222 e. The summed E-state index contributed by atoms with van der Waals surface area (Å²) in [5.74, 6) is 0.115. The molecular formula is C15H10ClFN6. The van der Waals surface area contributed by atoms with Crippen molar-refractivity contribution in [3.8, 4) is 0 Å². The van der Waals surface area contributed by atoms with E-state index in [2.05, 4.69) is 25.8 Å². The summed E-state index contributed by atoms with van der Waals surface area (Å²) in [6, 6.07) is 12.1. The Morgan fingerprint density at radius 1 is 1.17 bits per heavy atom. The molecule has 0 fully saturated rings. The topological polar surface area (TPSA) is 68.0 Å². The number of benzene rings is 2. The summed E-state index contributed by atoms with van der Waals surface area (Å²) in [5.41, 5.74) is 2.51. The van der Waals surface area contributed by atoms with Crippen molar-refractivity contribution >= 4 is 34.1 Å². The predicted octanol–water partition coefficient (Wildman–Crippen LogP) is 3.08. The van der Waals surface area contributed by atoms with E-state index in [9.17, 15) is 4.39 Å². The summed E-state index contributed by atoms with van der Waals surface area (Å²) in [6.07, 6.45) is 0. The van der Waals surface area contributed by atoms with Crippen LogP contribution in [0.1, 0.15) is 5.56 Å². The van der Waals surface area contributed by atoms with Gasteiger partial charge in [-0.15, -0.1) is 5.10 Å². The Kier molecular flexibility index (Phi) is 3.27. The van der Waals surface area contributed by atoms with Crippen LogP contribution in [0.4, 0.5) is 10.2 Å². The first-order valence-corrected chi connectivity index (χ1v) is 7.25. The zero-order valence-electron chi connectivity index (χ0n) is 11.7. The Balaban J connectivity index is 1.74. The molecule has 4 rings (SSSR count). The van der Waals surface area contributed by atoms with E-state index in [1.54, 1.807) is 16.6 Å². The molecule has 0 aliphatic carbocycles. The zero-order valence-corrected chi connectivity index (χ0v) is 12.5. The number of hydrogen-bond donors (Lipinski definition) is 1. The highest BCUT2D eigenvalue weighted by molar-refractivity contribution is 6.30. The largest absolute Gasteiger partial charge is 0.363 e. The Hall–Kier alpha value is -2.80. The van der Waals surface area contributed by atoms with Crippen LogP contribution < -0.4 is 5.32 Å². The van der Waals surface area contributed by atoms with Crippen LogP contribution in [0, 0.1) is 5.82 Å². The summed E-state index contributed by atoms with van der Waals surface area (Å²) < 4.78 is 15.5. The minimum atomic E-state index is -0.374. The second-order valence-electron chi connectivity index (χ2n) is 4.95. The van der Waals surface area contributed by atoms with Crippen LogP contribution in [0.5, 0.6) is 0 Å². The standard InChI is InChI=1S/C15H10ClFN6/c16-10-6-5-9(11(17)7-10)8-18-14-15-20-21-22-23(15)13-4-2-1-3-12(13)19-14/h1-7H,8H2,(H,18,19). The number of nitrogens with zero attached hydrogens (tertiary/aromatic N) is 5. The molecule has 0 bridgehead atoms. The van der Waals surface area contributed by atoms with Crippen molar-refractivity contribution in [2.75, 3.05) is 5.32 Å². The number of fused-ring (bicyclic) bond motifs is 3. The third-order valence-electron chi connectivity index (χ3n) is 3.48. The molecule has 0 aliphatic rings. The highest BCUT2D eigenvalue weighted by atomic mass is 35.5. The molecule has 8 heteroatoms. The molecule has 2 aromatic carbocycles. The first-order chi connectivity index (χ1) is 11.2. The molecule has 0 aliphatic heterocycles. The zero-order chi connectivity index (χ0) is 15.8. The third kappa shape index (κ3) is 2.44. The van der Waals surface area contributed by atoms with Gasteiger partial charge in [0.05, 0.1) is 11.0 Å². The molecule has 2 aromatic heterocycles. The van der Waals surface area contributed by atoms with Crippen molar-refractivity contribution in [3.63, 3.8) is 0 Å². The van der Waals surface area contributed by atoms with Crippen LogP contribution in [0.25, 0.3) is 16.7 Å². The van der Waals surface area contributed by atoms with Gasteiger partial charge in [-0.05, 0) is 34.7 Å². The molecule has 114 valence electrons. The Labute approximate surface area is 134 Å². The van der Waals surface area contributed by atoms with Crippen molar-refractivity contribution in [2.24, 2.45) is 0 Å². The Morgan fingerprint density at radius 3 is 2.91 bits per heavy atom. The van der Waals surface area contributed by atoms with E-state index in [1.165, 1.54) is 6.07 Å². The van der Waals surface area contributed by atoms with Gasteiger partial charge in [-0.25, -0.2) is 9.37 Å². The smallest absolute Gasteiger partial charge is 0.222 e. The number of para-hydroxylation sites is 2. The average molecular weight is 329 g/mol. The molecule has 0 saturated heterocycles. The maximum atomic E-state index is 13.9. The number of nitrogens with one attached hydrogen (secondary N) is 1. The number of hydrogen-bond acceptors (Lipinski definition) is 5. The van der Waals surface area contributed by atoms with Gasteiger partial charge in [0.1, 0.15) is 5.82 Å². The molecule has 6 nitrogen and oxygen atoms in total. The molecule has 4 aromatic rings. The number of rotatable bonds is 3. The minimum Gasteiger partial charge on any atom is -0.363 e. The monoisotopic (exact) mass is 328 g/mol. The van der Waals surface area contributed by atoms with Crippen molar-refractivity contribution in [2.45, 2.75) is 6.54 Å². The lowest BCUT2D eigenvalue weighted by Crippen LogP contribution is -2.06. The summed E-state index contributed by atoms with van der Waals surface area (Å²) in [5, 5.41) is 15.1. The molecule has 0 saturated carbocycles. The van der Waals surface area contributed by atoms with Gasteiger partial charge in [-0.3, -0.25) is 0 Å². The van der Waals surface area contributed by atoms with Crippen LogP contribution in [0.2, 0.25) is 5.02 Å². The van der Waals surface area contributed by atoms with Crippen LogP contribution in [-0.4, -0.2) is 25.0 Å². The lowest BCUT2D eigenvalue weighted by molar-refractivity contribution is 0.613. The Bertz CT molecular complexity index is 1020. The molecule has 0 radical (unpaired) electrons. The van der Waals surface area contributed by atoms with Gasteiger partial charge in [0, 0.05) is 17.1 Å². The van der Waals surface area contributed by atoms with Gasteiger partial charge >= 0.3 is 0 Å². The first-order valence-electron chi connectivity index (χ1n) is 6.87. The van der Waals surface area contributed by atoms with Gasteiger partial charge in [0.2, 0.25) is 5.65 Å². The van der Waals surface area contributed by atoms with Crippen molar-refractivity contribution in [3.05, 3.63) is 58.9 Å². The normalized spacial score (nSPS) is 11.2.